The minimum absolute atomic E-state index is 0.242. The van der Waals surface area contributed by atoms with Crippen LogP contribution in [0.3, 0.4) is 0 Å². The first-order chi connectivity index (χ1) is 7.72. The fourth-order valence-electron chi connectivity index (χ4n) is 2.42. The average Bonchev–Trinajstić information content (AvgIpc) is 2.63. The van der Waals surface area contributed by atoms with E-state index in [1.807, 2.05) is 18.2 Å². The van der Waals surface area contributed by atoms with Crippen molar-refractivity contribution >= 4 is 11.6 Å². The summed E-state index contributed by atoms with van der Waals surface area (Å²) in [7, 11) is 0. The Hall–Kier alpha value is -0.570. The molecule has 1 aromatic carbocycles. The van der Waals surface area contributed by atoms with Gasteiger partial charge in [0, 0.05) is 17.6 Å². The lowest BCUT2D eigenvalue weighted by Gasteiger charge is -2.25. The second-order valence-electron chi connectivity index (χ2n) is 4.58. The van der Waals surface area contributed by atoms with E-state index < -0.39 is 0 Å². The molecule has 1 N–H and O–H groups in total. The zero-order valence-electron chi connectivity index (χ0n) is 9.56. The Morgan fingerprint density at radius 2 is 2.19 bits per heavy atom. The van der Waals surface area contributed by atoms with Gasteiger partial charge in [0.05, 0.1) is 6.61 Å². The molecule has 2 unspecified atom stereocenters. The maximum absolute atomic E-state index is 9.38. The maximum atomic E-state index is 9.38. The molecule has 16 heavy (non-hydrogen) atoms. The molecule has 2 rings (SSSR count). The van der Waals surface area contributed by atoms with Crippen LogP contribution in [0.2, 0.25) is 5.02 Å². The highest BCUT2D eigenvalue weighted by Gasteiger charge is 2.30. The number of aliphatic hydroxyl groups excluding tert-OH is 1. The number of hydrogen-bond donors (Lipinski definition) is 1. The van der Waals surface area contributed by atoms with Crippen LogP contribution in [-0.2, 0) is 6.54 Å². The molecule has 1 heterocycles. The summed E-state index contributed by atoms with van der Waals surface area (Å²) in [5.41, 5.74) is 1.15. The zero-order valence-corrected chi connectivity index (χ0v) is 10.3. The molecule has 3 heteroatoms. The summed E-state index contributed by atoms with van der Waals surface area (Å²) < 4.78 is 0. The molecular weight excluding hydrogens is 222 g/mol. The third-order valence-corrected chi connectivity index (χ3v) is 3.88. The molecule has 0 saturated carbocycles. The van der Waals surface area contributed by atoms with E-state index in [0.717, 1.165) is 30.1 Å². The highest BCUT2D eigenvalue weighted by molar-refractivity contribution is 6.31. The van der Waals surface area contributed by atoms with Gasteiger partial charge in [-0.2, -0.15) is 0 Å². The van der Waals surface area contributed by atoms with Crippen molar-refractivity contribution in [2.75, 3.05) is 13.2 Å². The molecule has 0 spiro atoms. The maximum Gasteiger partial charge on any atom is 0.0589 e. The standard InChI is InChI=1S/C13H18ClNO/c1-10-6-7-15(13(10)9-16)8-11-4-2-3-5-12(11)14/h2-5,10,13,16H,6-9H2,1H3. The van der Waals surface area contributed by atoms with Crippen LogP contribution in [0.4, 0.5) is 0 Å². The predicted molar refractivity (Wildman–Crippen MR) is 66.5 cm³/mol. The van der Waals surface area contributed by atoms with Crippen LogP contribution in [0.1, 0.15) is 18.9 Å². The third kappa shape index (κ3) is 2.40. The van der Waals surface area contributed by atoms with Crippen molar-refractivity contribution in [3.63, 3.8) is 0 Å². The molecule has 0 radical (unpaired) electrons. The molecule has 1 saturated heterocycles. The zero-order chi connectivity index (χ0) is 11.5. The number of halogens is 1. The molecular formula is C13H18ClNO. The Morgan fingerprint density at radius 1 is 1.44 bits per heavy atom. The molecule has 1 fully saturated rings. The lowest BCUT2D eigenvalue weighted by Crippen LogP contribution is -2.34. The summed E-state index contributed by atoms with van der Waals surface area (Å²) in [5.74, 6) is 0.576. The van der Waals surface area contributed by atoms with Gasteiger partial charge in [0.15, 0.2) is 0 Å². The summed E-state index contributed by atoms with van der Waals surface area (Å²) >= 11 is 6.14. The van der Waals surface area contributed by atoms with E-state index in [1.165, 1.54) is 0 Å². The normalized spacial score (nSPS) is 26.2. The molecule has 0 aromatic heterocycles. The van der Waals surface area contributed by atoms with E-state index in [9.17, 15) is 5.11 Å². The summed E-state index contributed by atoms with van der Waals surface area (Å²) in [5, 5.41) is 10.2. The lowest BCUT2D eigenvalue weighted by molar-refractivity contribution is 0.134. The molecule has 1 aliphatic heterocycles. The van der Waals surface area contributed by atoms with Gasteiger partial charge in [0.1, 0.15) is 0 Å². The summed E-state index contributed by atoms with van der Waals surface area (Å²) in [6.45, 7) is 4.34. The second-order valence-corrected chi connectivity index (χ2v) is 4.98. The van der Waals surface area contributed by atoms with Crippen molar-refractivity contribution in [2.45, 2.75) is 25.9 Å². The van der Waals surface area contributed by atoms with Gasteiger partial charge in [-0.25, -0.2) is 0 Å². The predicted octanol–water partition coefficient (Wildman–Crippen LogP) is 2.54. The van der Waals surface area contributed by atoms with E-state index in [-0.39, 0.29) is 12.6 Å². The van der Waals surface area contributed by atoms with Crippen molar-refractivity contribution in [1.29, 1.82) is 0 Å². The Balaban J connectivity index is 2.08. The van der Waals surface area contributed by atoms with Crippen LogP contribution in [0.25, 0.3) is 0 Å². The molecule has 1 aromatic rings. The average molecular weight is 240 g/mol. The first kappa shape index (κ1) is 11.9. The molecule has 0 bridgehead atoms. The third-order valence-electron chi connectivity index (χ3n) is 3.52. The summed E-state index contributed by atoms with van der Waals surface area (Å²) in [6, 6.07) is 8.22. The van der Waals surface area contributed by atoms with E-state index >= 15 is 0 Å². The van der Waals surface area contributed by atoms with Crippen LogP contribution in [0.5, 0.6) is 0 Å². The molecule has 0 amide bonds. The van der Waals surface area contributed by atoms with Gasteiger partial charge in [-0.05, 0) is 30.5 Å². The number of likely N-dealkylation sites (tertiary alicyclic amines) is 1. The highest BCUT2D eigenvalue weighted by atomic mass is 35.5. The van der Waals surface area contributed by atoms with Gasteiger partial charge >= 0.3 is 0 Å². The van der Waals surface area contributed by atoms with Crippen molar-refractivity contribution in [1.82, 2.24) is 4.90 Å². The number of aliphatic hydroxyl groups is 1. The number of rotatable bonds is 3. The SMILES string of the molecule is CC1CCN(Cc2ccccc2Cl)C1CO. The Kier molecular flexibility index (Phi) is 3.85. The molecule has 1 aliphatic rings. The second kappa shape index (κ2) is 5.17. The smallest absolute Gasteiger partial charge is 0.0589 e. The van der Waals surface area contributed by atoms with Gasteiger partial charge in [0.2, 0.25) is 0 Å². The van der Waals surface area contributed by atoms with Gasteiger partial charge in [-0.15, -0.1) is 0 Å². The van der Waals surface area contributed by atoms with Crippen LogP contribution < -0.4 is 0 Å². The van der Waals surface area contributed by atoms with Gasteiger partial charge in [-0.3, -0.25) is 4.90 Å². The fourth-order valence-corrected chi connectivity index (χ4v) is 2.62. The van der Waals surface area contributed by atoms with Crippen LogP contribution in [-0.4, -0.2) is 29.2 Å². The van der Waals surface area contributed by atoms with Crippen molar-refractivity contribution < 1.29 is 5.11 Å². The van der Waals surface area contributed by atoms with E-state index in [2.05, 4.69) is 17.9 Å². The first-order valence-corrected chi connectivity index (χ1v) is 6.18. The molecule has 0 aliphatic carbocycles. The summed E-state index contributed by atoms with van der Waals surface area (Å²) in [6.07, 6.45) is 1.16. The largest absolute Gasteiger partial charge is 0.395 e. The lowest BCUT2D eigenvalue weighted by atomic mass is 10.0. The van der Waals surface area contributed by atoms with Gasteiger partial charge in [0.25, 0.3) is 0 Å². The first-order valence-electron chi connectivity index (χ1n) is 5.80. The Morgan fingerprint density at radius 3 is 2.88 bits per heavy atom. The van der Waals surface area contributed by atoms with Gasteiger partial charge in [-0.1, -0.05) is 36.7 Å². The van der Waals surface area contributed by atoms with Crippen LogP contribution in [0.15, 0.2) is 24.3 Å². The minimum Gasteiger partial charge on any atom is -0.395 e. The molecule has 2 nitrogen and oxygen atoms in total. The van der Waals surface area contributed by atoms with E-state index in [4.69, 9.17) is 11.6 Å². The summed E-state index contributed by atoms with van der Waals surface area (Å²) in [4.78, 5) is 2.33. The van der Waals surface area contributed by atoms with Crippen LogP contribution in [0, 0.1) is 5.92 Å². The van der Waals surface area contributed by atoms with Crippen molar-refractivity contribution in [3.05, 3.63) is 34.9 Å². The molecule has 2 atom stereocenters. The molecule has 88 valence electrons. The monoisotopic (exact) mass is 239 g/mol. The fraction of sp³-hybridized carbons (Fsp3) is 0.538. The Bertz CT molecular complexity index is 356. The Labute approximate surface area is 102 Å². The van der Waals surface area contributed by atoms with Crippen molar-refractivity contribution in [3.8, 4) is 0 Å². The highest BCUT2D eigenvalue weighted by Crippen LogP contribution is 2.27. The minimum atomic E-state index is 0.242. The van der Waals surface area contributed by atoms with E-state index in [0.29, 0.717) is 5.92 Å². The van der Waals surface area contributed by atoms with Crippen molar-refractivity contribution in [2.24, 2.45) is 5.92 Å². The quantitative estimate of drug-likeness (QED) is 0.877. The topological polar surface area (TPSA) is 23.5 Å². The number of hydrogen-bond acceptors (Lipinski definition) is 2. The van der Waals surface area contributed by atoms with Crippen LogP contribution >= 0.6 is 11.6 Å². The van der Waals surface area contributed by atoms with E-state index in [1.54, 1.807) is 0 Å². The number of nitrogens with zero attached hydrogens (tertiary/aromatic N) is 1. The number of benzene rings is 1. The van der Waals surface area contributed by atoms with Gasteiger partial charge < -0.3 is 5.11 Å².